The first kappa shape index (κ1) is 17.3. The average molecular weight is 384 g/mol. The smallest absolute Gasteiger partial charge is 0.262 e. The number of aryl methyl sites for hydroxylation is 2. The lowest BCUT2D eigenvalue weighted by Gasteiger charge is -2.28. The molecule has 2 aromatic heterocycles. The Kier molecular flexibility index (Phi) is 4.83. The van der Waals surface area contributed by atoms with Gasteiger partial charge < -0.3 is 0 Å². The molecule has 1 aliphatic rings. The number of rotatable bonds is 3. The molecule has 0 spiro atoms. The lowest BCUT2D eigenvalue weighted by atomic mass is 10.1. The van der Waals surface area contributed by atoms with Crippen LogP contribution in [-0.2, 0) is 12.8 Å². The third-order valence-electron chi connectivity index (χ3n) is 4.55. The molecule has 0 radical (unpaired) electrons. The standard InChI is InChI=1S/C20H18ClN3OS/c1-13-19(15-5-3-2-4-6-15)20(25)24-17(23-13)9-10-26-18(24)11-14-7-8-16(21)22-12-14/h2-8,12,18H,9-11H2,1H3. The summed E-state index contributed by atoms with van der Waals surface area (Å²) < 4.78 is 1.87. The van der Waals surface area contributed by atoms with Crippen molar-refractivity contribution >= 4 is 23.4 Å². The highest BCUT2D eigenvalue weighted by Gasteiger charge is 2.26. The van der Waals surface area contributed by atoms with Crippen LogP contribution in [0.5, 0.6) is 0 Å². The summed E-state index contributed by atoms with van der Waals surface area (Å²) in [6.45, 7) is 1.92. The summed E-state index contributed by atoms with van der Waals surface area (Å²) >= 11 is 7.68. The van der Waals surface area contributed by atoms with E-state index in [0.29, 0.717) is 10.7 Å². The van der Waals surface area contributed by atoms with E-state index in [-0.39, 0.29) is 10.9 Å². The number of pyridine rings is 1. The van der Waals surface area contributed by atoms with Crippen LogP contribution in [0.3, 0.4) is 0 Å². The number of aromatic nitrogens is 3. The molecule has 1 atom stereocenters. The molecule has 3 heterocycles. The van der Waals surface area contributed by atoms with Crippen LogP contribution >= 0.6 is 23.4 Å². The Morgan fingerprint density at radius 1 is 1.23 bits per heavy atom. The molecule has 3 aromatic rings. The van der Waals surface area contributed by atoms with Crippen molar-refractivity contribution in [1.82, 2.24) is 14.5 Å². The minimum atomic E-state index is 0.0183. The van der Waals surface area contributed by atoms with Gasteiger partial charge >= 0.3 is 0 Å². The van der Waals surface area contributed by atoms with Gasteiger partial charge in [0.2, 0.25) is 0 Å². The molecule has 0 N–H and O–H groups in total. The van der Waals surface area contributed by atoms with Gasteiger partial charge in [0.25, 0.3) is 5.56 Å². The van der Waals surface area contributed by atoms with Crippen LogP contribution in [0.4, 0.5) is 0 Å². The van der Waals surface area contributed by atoms with Gasteiger partial charge in [0, 0.05) is 24.8 Å². The maximum Gasteiger partial charge on any atom is 0.262 e. The molecule has 6 heteroatoms. The molecule has 132 valence electrons. The lowest BCUT2D eigenvalue weighted by molar-refractivity contribution is 0.582. The summed E-state index contributed by atoms with van der Waals surface area (Å²) in [6, 6.07) is 13.5. The Morgan fingerprint density at radius 2 is 2.04 bits per heavy atom. The normalized spacial score (nSPS) is 16.3. The van der Waals surface area contributed by atoms with Crippen molar-refractivity contribution in [3.05, 3.63) is 81.3 Å². The summed E-state index contributed by atoms with van der Waals surface area (Å²) in [7, 11) is 0. The van der Waals surface area contributed by atoms with Crippen LogP contribution in [0.25, 0.3) is 11.1 Å². The van der Waals surface area contributed by atoms with Crippen molar-refractivity contribution in [3.63, 3.8) is 0 Å². The van der Waals surface area contributed by atoms with Gasteiger partial charge in [-0.3, -0.25) is 9.36 Å². The number of nitrogens with zero attached hydrogens (tertiary/aromatic N) is 3. The Balaban J connectivity index is 1.79. The number of hydrogen-bond donors (Lipinski definition) is 0. The average Bonchev–Trinajstić information content (AvgIpc) is 2.64. The minimum Gasteiger partial charge on any atom is -0.283 e. The topological polar surface area (TPSA) is 47.8 Å². The number of benzene rings is 1. The predicted octanol–water partition coefficient (Wildman–Crippen LogP) is 4.30. The van der Waals surface area contributed by atoms with Crippen LogP contribution in [0.1, 0.15) is 22.5 Å². The largest absolute Gasteiger partial charge is 0.283 e. The highest BCUT2D eigenvalue weighted by molar-refractivity contribution is 7.99. The molecule has 4 nitrogen and oxygen atoms in total. The first-order valence-corrected chi connectivity index (χ1v) is 9.95. The lowest BCUT2D eigenvalue weighted by Crippen LogP contribution is -2.34. The van der Waals surface area contributed by atoms with Gasteiger partial charge in [0.1, 0.15) is 11.0 Å². The van der Waals surface area contributed by atoms with Gasteiger partial charge in [0.15, 0.2) is 0 Å². The van der Waals surface area contributed by atoms with Crippen molar-refractivity contribution in [3.8, 4) is 11.1 Å². The van der Waals surface area contributed by atoms with Crippen molar-refractivity contribution < 1.29 is 0 Å². The molecule has 26 heavy (non-hydrogen) atoms. The number of fused-ring (bicyclic) bond motifs is 1. The Bertz CT molecular complexity index is 986. The predicted molar refractivity (Wildman–Crippen MR) is 107 cm³/mol. The summed E-state index contributed by atoms with van der Waals surface area (Å²) in [6.07, 6.45) is 3.31. The first-order valence-electron chi connectivity index (χ1n) is 8.53. The second kappa shape index (κ2) is 7.25. The van der Waals surface area contributed by atoms with Crippen molar-refractivity contribution in [2.24, 2.45) is 0 Å². The second-order valence-corrected chi connectivity index (χ2v) is 7.97. The van der Waals surface area contributed by atoms with E-state index in [1.807, 2.05) is 47.9 Å². The van der Waals surface area contributed by atoms with E-state index < -0.39 is 0 Å². The van der Waals surface area contributed by atoms with E-state index in [4.69, 9.17) is 16.6 Å². The molecule has 1 aliphatic heterocycles. The zero-order chi connectivity index (χ0) is 18.1. The van der Waals surface area contributed by atoms with Gasteiger partial charge in [-0.15, -0.1) is 11.8 Å². The van der Waals surface area contributed by atoms with Crippen molar-refractivity contribution in [2.75, 3.05) is 5.75 Å². The molecule has 0 aliphatic carbocycles. The molecule has 0 bridgehead atoms. The highest BCUT2D eigenvalue weighted by Crippen LogP contribution is 2.33. The minimum absolute atomic E-state index is 0.0183. The second-order valence-electron chi connectivity index (χ2n) is 6.30. The molecule has 0 saturated heterocycles. The van der Waals surface area contributed by atoms with E-state index >= 15 is 0 Å². The molecule has 0 fully saturated rings. The fourth-order valence-electron chi connectivity index (χ4n) is 3.35. The zero-order valence-electron chi connectivity index (χ0n) is 14.4. The fraction of sp³-hybridized carbons (Fsp3) is 0.250. The maximum atomic E-state index is 13.4. The number of thioether (sulfide) groups is 1. The van der Waals surface area contributed by atoms with E-state index in [9.17, 15) is 4.79 Å². The first-order chi connectivity index (χ1) is 12.6. The van der Waals surface area contributed by atoms with Gasteiger partial charge in [-0.25, -0.2) is 9.97 Å². The van der Waals surface area contributed by atoms with Gasteiger partial charge in [-0.1, -0.05) is 48.0 Å². The van der Waals surface area contributed by atoms with Gasteiger partial charge in [-0.05, 0) is 24.1 Å². The molecule has 4 rings (SSSR count). The van der Waals surface area contributed by atoms with Crippen molar-refractivity contribution in [1.29, 1.82) is 0 Å². The monoisotopic (exact) mass is 383 g/mol. The SMILES string of the molecule is Cc1nc2n(c(=O)c1-c1ccccc1)C(Cc1ccc(Cl)nc1)SCC2. The van der Waals surface area contributed by atoms with Crippen LogP contribution < -0.4 is 5.56 Å². The molecule has 0 saturated carbocycles. The number of hydrogen-bond acceptors (Lipinski definition) is 4. The molecule has 0 amide bonds. The Labute approximate surface area is 161 Å². The summed E-state index contributed by atoms with van der Waals surface area (Å²) in [5.41, 5.74) is 3.51. The summed E-state index contributed by atoms with van der Waals surface area (Å²) in [4.78, 5) is 22.3. The maximum absolute atomic E-state index is 13.4. The van der Waals surface area contributed by atoms with Gasteiger partial charge in [0.05, 0.1) is 16.6 Å². The molecular formula is C20H18ClN3OS. The summed E-state index contributed by atoms with van der Waals surface area (Å²) in [5, 5.41) is 0.496. The Hall–Kier alpha value is -2.11. The zero-order valence-corrected chi connectivity index (χ0v) is 15.9. The molecule has 1 unspecified atom stereocenters. The van der Waals surface area contributed by atoms with E-state index in [2.05, 4.69) is 4.98 Å². The van der Waals surface area contributed by atoms with E-state index in [1.165, 1.54) is 0 Å². The van der Waals surface area contributed by atoms with Crippen molar-refractivity contribution in [2.45, 2.75) is 25.1 Å². The van der Waals surface area contributed by atoms with E-state index in [0.717, 1.165) is 41.2 Å². The number of halogens is 1. The summed E-state index contributed by atoms with van der Waals surface area (Å²) in [5.74, 6) is 1.83. The Morgan fingerprint density at radius 3 is 2.77 bits per heavy atom. The van der Waals surface area contributed by atoms with Gasteiger partial charge in [-0.2, -0.15) is 0 Å². The third kappa shape index (κ3) is 3.29. The van der Waals surface area contributed by atoms with Crippen LogP contribution in [0.2, 0.25) is 5.15 Å². The van der Waals surface area contributed by atoms with Crippen LogP contribution in [-0.4, -0.2) is 20.3 Å². The highest BCUT2D eigenvalue weighted by atomic mass is 35.5. The third-order valence-corrected chi connectivity index (χ3v) is 5.98. The van der Waals surface area contributed by atoms with E-state index in [1.54, 1.807) is 24.0 Å². The molecule has 1 aromatic carbocycles. The fourth-order valence-corrected chi connectivity index (χ4v) is 4.71. The van der Waals surface area contributed by atoms with Crippen LogP contribution in [0.15, 0.2) is 53.5 Å². The van der Waals surface area contributed by atoms with Crippen LogP contribution in [0, 0.1) is 6.92 Å². The molecular weight excluding hydrogens is 366 g/mol. The quantitative estimate of drug-likeness (QED) is 0.633.